The number of aromatic carboxylic acids is 1. The Morgan fingerprint density at radius 3 is 2.54 bits per heavy atom. The Labute approximate surface area is 209 Å². The van der Waals surface area contributed by atoms with Crippen LogP contribution < -0.4 is 5.32 Å². The Morgan fingerprint density at radius 1 is 1.00 bits per heavy atom. The third-order valence-electron chi connectivity index (χ3n) is 5.31. The Balaban J connectivity index is 1.46. The zero-order valence-electron chi connectivity index (χ0n) is 18.1. The Hall–Kier alpha value is -4.08. The number of aromatic nitrogens is 4. The molecule has 0 saturated carbocycles. The molecule has 35 heavy (non-hydrogen) atoms. The van der Waals surface area contributed by atoms with Crippen LogP contribution in [0.25, 0.3) is 28.0 Å². The third kappa shape index (κ3) is 4.64. The van der Waals surface area contributed by atoms with E-state index in [-0.39, 0.29) is 22.9 Å². The first kappa shape index (κ1) is 22.7. The molecule has 0 radical (unpaired) electrons. The highest BCUT2D eigenvalue weighted by Crippen LogP contribution is 2.32. The number of nitrogens with zero attached hydrogens (tertiary/aromatic N) is 3. The number of carboxylic acid groups (broad SMARTS) is 1. The molecule has 0 aliphatic heterocycles. The van der Waals surface area contributed by atoms with E-state index in [2.05, 4.69) is 20.5 Å². The number of H-pyrrole nitrogens is 1. The first-order valence-corrected chi connectivity index (χ1v) is 11.9. The number of fused-ring (bicyclic) bond motifs is 1. The largest absolute Gasteiger partial charge is 0.478 e. The number of carbonyl (C=O) groups is 2. The molecule has 8 nitrogen and oxygen atoms in total. The number of hydrogen-bond donors (Lipinski definition) is 3. The Kier molecular flexibility index (Phi) is 6.26. The van der Waals surface area contributed by atoms with Gasteiger partial charge in [0, 0.05) is 33.4 Å². The van der Waals surface area contributed by atoms with Crippen LogP contribution in [0.1, 0.15) is 10.4 Å². The molecule has 0 bridgehead atoms. The molecule has 3 aromatic carbocycles. The molecule has 0 saturated heterocycles. The number of halogens is 1. The lowest BCUT2D eigenvalue weighted by molar-refractivity contribution is -0.113. The SMILES string of the molecule is O=C(CSc1nnc(-c2c[nH]c3ccccc23)n1-c1ccc(Cl)cc1)Nc1ccccc1C(=O)O. The summed E-state index contributed by atoms with van der Waals surface area (Å²) in [5.41, 5.74) is 2.90. The van der Waals surface area contributed by atoms with Gasteiger partial charge < -0.3 is 15.4 Å². The molecule has 174 valence electrons. The lowest BCUT2D eigenvalue weighted by atomic mass is 10.1. The molecule has 3 N–H and O–H groups in total. The highest BCUT2D eigenvalue weighted by Gasteiger charge is 2.20. The van der Waals surface area contributed by atoms with Gasteiger partial charge in [-0.25, -0.2) is 4.79 Å². The monoisotopic (exact) mass is 503 g/mol. The maximum Gasteiger partial charge on any atom is 0.337 e. The van der Waals surface area contributed by atoms with Gasteiger partial charge in [0.2, 0.25) is 5.91 Å². The number of hydrogen-bond acceptors (Lipinski definition) is 5. The number of carbonyl (C=O) groups excluding carboxylic acids is 1. The molecule has 5 rings (SSSR count). The van der Waals surface area contributed by atoms with Crippen LogP contribution in [-0.2, 0) is 4.79 Å². The number of nitrogens with one attached hydrogen (secondary N) is 2. The predicted molar refractivity (Wildman–Crippen MR) is 136 cm³/mol. The summed E-state index contributed by atoms with van der Waals surface area (Å²) in [5.74, 6) is -0.848. The van der Waals surface area contributed by atoms with Gasteiger partial charge in [0.1, 0.15) is 0 Å². The van der Waals surface area contributed by atoms with Crippen LogP contribution in [0.4, 0.5) is 5.69 Å². The van der Waals surface area contributed by atoms with Crippen LogP contribution in [-0.4, -0.2) is 42.5 Å². The van der Waals surface area contributed by atoms with Gasteiger partial charge in [0.05, 0.1) is 17.0 Å². The summed E-state index contributed by atoms with van der Waals surface area (Å²) >= 11 is 7.30. The van der Waals surface area contributed by atoms with Crippen LogP contribution in [0.3, 0.4) is 0 Å². The average Bonchev–Trinajstić information content (AvgIpc) is 3.47. The fourth-order valence-corrected chi connectivity index (χ4v) is 4.59. The molecule has 0 fully saturated rings. The molecule has 2 aromatic heterocycles. The first-order valence-electron chi connectivity index (χ1n) is 10.5. The number of anilines is 1. The molecule has 2 heterocycles. The molecule has 1 amide bonds. The minimum atomic E-state index is -1.11. The van der Waals surface area contributed by atoms with Crippen LogP contribution in [0.2, 0.25) is 5.02 Å². The number of thioether (sulfide) groups is 1. The van der Waals surface area contributed by atoms with Gasteiger partial charge in [0.25, 0.3) is 0 Å². The van der Waals surface area contributed by atoms with E-state index in [9.17, 15) is 14.7 Å². The Morgan fingerprint density at radius 2 is 1.74 bits per heavy atom. The summed E-state index contributed by atoms with van der Waals surface area (Å²) in [4.78, 5) is 27.3. The van der Waals surface area contributed by atoms with Crippen molar-refractivity contribution in [2.24, 2.45) is 0 Å². The van der Waals surface area contributed by atoms with Gasteiger partial charge in [-0.05, 0) is 42.5 Å². The number of aromatic amines is 1. The predicted octanol–water partition coefficient (Wildman–Crippen LogP) is 5.50. The zero-order valence-corrected chi connectivity index (χ0v) is 19.7. The second-order valence-corrected chi connectivity index (χ2v) is 8.93. The molecule has 0 atom stereocenters. The van der Waals surface area contributed by atoms with Gasteiger partial charge in [0.15, 0.2) is 11.0 Å². The summed E-state index contributed by atoms with van der Waals surface area (Å²) < 4.78 is 1.87. The van der Waals surface area contributed by atoms with Crippen LogP contribution in [0, 0.1) is 0 Å². The van der Waals surface area contributed by atoms with Crippen molar-refractivity contribution >= 4 is 51.8 Å². The van der Waals surface area contributed by atoms with E-state index < -0.39 is 5.97 Å². The van der Waals surface area contributed by atoms with Gasteiger partial charge in [-0.2, -0.15) is 0 Å². The number of benzene rings is 3. The van der Waals surface area contributed by atoms with Crippen molar-refractivity contribution in [1.82, 2.24) is 19.7 Å². The number of carboxylic acids is 1. The second-order valence-electron chi connectivity index (χ2n) is 7.55. The number of para-hydroxylation sites is 2. The Bertz CT molecular complexity index is 1540. The van der Waals surface area contributed by atoms with Crippen molar-refractivity contribution in [3.63, 3.8) is 0 Å². The standard InChI is InChI=1S/C25H18ClN5O3S/c26-15-9-11-16(12-10-15)31-23(19-13-27-20-7-3-1-5-17(19)20)29-30-25(31)35-14-22(32)28-21-8-4-2-6-18(21)24(33)34/h1-13,27H,14H2,(H,28,32)(H,33,34). The van der Waals surface area contributed by atoms with E-state index in [0.717, 1.165) is 22.2 Å². The maximum atomic E-state index is 12.7. The molecule has 0 aliphatic rings. The summed E-state index contributed by atoms with van der Waals surface area (Å²) in [5, 5.41) is 22.9. The van der Waals surface area contributed by atoms with E-state index >= 15 is 0 Å². The van der Waals surface area contributed by atoms with Crippen molar-refractivity contribution < 1.29 is 14.7 Å². The zero-order chi connectivity index (χ0) is 24.4. The van der Waals surface area contributed by atoms with Gasteiger partial charge >= 0.3 is 5.97 Å². The van der Waals surface area contributed by atoms with Crippen molar-refractivity contribution in [3.05, 3.63) is 89.6 Å². The maximum absolute atomic E-state index is 12.7. The molecule has 10 heteroatoms. The molecular formula is C25H18ClN5O3S. The molecular weight excluding hydrogens is 486 g/mol. The van der Waals surface area contributed by atoms with Crippen molar-refractivity contribution in [1.29, 1.82) is 0 Å². The van der Waals surface area contributed by atoms with Crippen LogP contribution in [0.15, 0.2) is 84.1 Å². The topological polar surface area (TPSA) is 113 Å². The minimum absolute atomic E-state index is 0.00750. The fraction of sp³-hybridized carbons (Fsp3) is 0.0400. The average molecular weight is 504 g/mol. The number of rotatable bonds is 7. The van der Waals surface area contributed by atoms with Crippen molar-refractivity contribution in [2.75, 3.05) is 11.1 Å². The van der Waals surface area contributed by atoms with Crippen molar-refractivity contribution in [2.45, 2.75) is 5.16 Å². The van der Waals surface area contributed by atoms with Gasteiger partial charge in [-0.3, -0.25) is 9.36 Å². The molecule has 0 aliphatic carbocycles. The summed E-state index contributed by atoms with van der Waals surface area (Å²) in [6, 6.07) is 21.4. The van der Waals surface area contributed by atoms with E-state index in [1.54, 1.807) is 30.3 Å². The van der Waals surface area contributed by atoms with Crippen LogP contribution >= 0.6 is 23.4 Å². The molecule has 0 unspecified atom stereocenters. The van der Waals surface area contributed by atoms with E-state index in [4.69, 9.17) is 11.6 Å². The lowest BCUT2D eigenvalue weighted by Crippen LogP contribution is -2.17. The van der Waals surface area contributed by atoms with Crippen LogP contribution in [0.5, 0.6) is 0 Å². The fourth-order valence-electron chi connectivity index (χ4n) is 3.71. The summed E-state index contributed by atoms with van der Waals surface area (Å²) in [7, 11) is 0. The molecule has 5 aromatic rings. The van der Waals surface area contributed by atoms with Crippen molar-refractivity contribution in [3.8, 4) is 17.1 Å². The highest BCUT2D eigenvalue weighted by molar-refractivity contribution is 7.99. The highest BCUT2D eigenvalue weighted by atomic mass is 35.5. The minimum Gasteiger partial charge on any atom is -0.478 e. The van der Waals surface area contributed by atoms with Gasteiger partial charge in [-0.15, -0.1) is 10.2 Å². The number of amides is 1. The first-order chi connectivity index (χ1) is 17.0. The third-order valence-corrected chi connectivity index (χ3v) is 6.49. The molecule has 0 spiro atoms. The van der Waals surface area contributed by atoms with E-state index in [1.807, 2.05) is 47.2 Å². The van der Waals surface area contributed by atoms with E-state index in [0.29, 0.717) is 16.0 Å². The second kappa shape index (κ2) is 9.65. The quantitative estimate of drug-likeness (QED) is 0.253. The van der Waals surface area contributed by atoms with E-state index in [1.165, 1.54) is 17.8 Å². The smallest absolute Gasteiger partial charge is 0.337 e. The summed E-state index contributed by atoms with van der Waals surface area (Å²) in [6.45, 7) is 0. The normalized spacial score (nSPS) is 11.0. The lowest BCUT2D eigenvalue weighted by Gasteiger charge is -2.11. The van der Waals surface area contributed by atoms with Gasteiger partial charge in [-0.1, -0.05) is 53.7 Å². The summed E-state index contributed by atoms with van der Waals surface area (Å²) in [6.07, 6.45) is 1.88.